The summed E-state index contributed by atoms with van der Waals surface area (Å²) in [6, 6.07) is 6.05. The predicted octanol–water partition coefficient (Wildman–Crippen LogP) is 2.05. The number of rotatable bonds is 6. The second-order valence-electron chi connectivity index (χ2n) is 5.66. The lowest BCUT2D eigenvalue weighted by atomic mass is 10.1. The second kappa shape index (κ2) is 7.11. The monoisotopic (exact) mass is 329 g/mol. The Morgan fingerprint density at radius 2 is 1.73 bits per heavy atom. The Morgan fingerprint density at radius 3 is 2.14 bits per heavy atom. The minimum absolute atomic E-state index is 0.104. The molecule has 6 nitrogen and oxygen atoms in total. The summed E-state index contributed by atoms with van der Waals surface area (Å²) in [5, 5.41) is 0. The first kappa shape index (κ1) is 18.4. The summed E-state index contributed by atoms with van der Waals surface area (Å²) in [5.41, 5.74) is -0.758. The molecule has 0 aromatic heterocycles. The largest absolute Gasteiger partial charge is 0.497 e. The number of sulfonamides is 1. The van der Waals surface area contributed by atoms with Crippen molar-refractivity contribution in [2.75, 3.05) is 20.3 Å². The quantitative estimate of drug-likeness (QED) is 0.747. The zero-order chi connectivity index (χ0) is 17.0. The number of ether oxygens (including phenoxy) is 2. The number of nitrogens with zero attached hydrogens (tertiary/aromatic N) is 1. The number of benzene rings is 1. The molecule has 0 heterocycles. The molecule has 0 fully saturated rings. The summed E-state index contributed by atoms with van der Waals surface area (Å²) in [5.74, 6) is -0.0128. The maximum atomic E-state index is 12.8. The zero-order valence-electron chi connectivity index (χ0n) is 13.6. The summed E-state index contributed by atoms with van der Waals surface area (Å²) >= 11 is 0. The molecule has 1 aromatic carbocycles. The highest BCUT2D eigenvalue weighted by Gasteiger charge is 2.36. The van der Waals surface area contributed by atoms with Gasteiger partial charge in [-0.25, -0.2) is 8.42 Å². The number of hydrogen-bond donors (Lipinski definition) is 0. The molecule has 0 aliphatic carbocycles. The van der Waals surface area contributed by atoms with E-state index in [0.717, 1.165) is 4.31 Å². The summed E-state index contributed by atoms with van der Waals surface area (Å²) in [4.78, 5) is 11.8. The molecule has 0 bridgehead atoms. The fourth-order valence-electron chi connectivity index (χ4n) is 1.88. The molecular weight excluding hydrogens is 306 g/mol. The van der Waals surface area contributed by atoms with Gasteiger partial charge in [-0.3, -0.25) is 4.79 Å². The Balaban J connectivity index is 3.18. The van der Waals surface area contributed by atoms with Crippen LogP contribution >= 0.6 is 0 Å². The first-order chi connectivity index (χ1) is 10.1. The molecule has 7 heteroatoms. The molecule has 0 unspecified atom stereocenters. The van der Waals surface area contributed by atoms with Crippen LogP contribution in [0.15, 0.2) is 29.2 Å². The lowest BCUT2D eigenvalue weighted by Gasteiger charge is -2.33. The van der Waals surface area contributed by atoms with E-state index in [1.54, 1.807) is 39.8 Å². The van der Waals surface area contributed by atoms with Crippen molar-refractivity contribution in [1.82, 2.24) is 4.31 Å². The number of hydrogen-bond acceptors (Lipinski definition) is 5. The Labute approximate surface area is 132 Å². The molecule has 0 atom stereocenters. The number of carbonyl (C=O) groups excluding carboxylic acids is 1. The van der Waals surface area contributed by atoms with E-state index < -0.39 is 21.5 Å². The Bertz CT molecular complexity index is 602. The van der Waals surface area contributed by atoms with Crippen molar-refractivity contribution in [3.05, 3.63) is 24.3 Å². The van der Waals surface area contributed by atoms with Gasteiger partial charge in [-0.1, -0.05) is 0 Å². The van der Waals surface area contributed by atoms with Crippen LogP contribution in [0.1, 0.15) is 27.7 Å². The van der Waals surface area contributed by atoms with Gasteiger partial charge in [-0.15, -0.1) is 0 Å². The van der Waals surface area contributed by atoms with Crippen molar-refractivity contribution < 1.29 is 22.7 Å². The highest BCUT2D eigenvalue weighted by molar-refractivity contribution is 7.89. The van der Waals surface area contributed by atoms with E-state index in [0.29, 0.717) is 5.75 Å². The average molecular weight is 329 g/mol. The molecule has 0 aliphatic rings. The van der Waals surface area contributed by atoms with E-state index in [1.807, 2.05) is 0 Å². The van der Waals surface area contributed by atoms with E-state index in [9.17, 15) is 13.2 Å². The van der Waals surface area contributed by atoms with Gasteiger partial charge in [-0.05, 0) is 52.0 Å². The zero-order valence-corrected chi connectivity index (χ0v) is 14.4. The van der Waals surface area contributed by atoms with Crippen molar-refractivity contribution in [1.29, 1.82) is 0 Å². The molecule has 1 rings (SSSR count). The van der Waals surface area contributed by atoms with Gasteiger partial charge < -0.3 is 9.47 Å². The van der Waals surface area contributed by atoms with Crippen molar-refractivity contribution in [2.45, 2.75) is 38.1 Å². The van der Waals surface area contributed by atoms with Gasteiger partial charge in [0.2, 0.25) is 10.0 Å². The summed E-state index contributed by atoms with van der Waals surface area (Å²) in [6.07, 6.45) is 0. The van der Waals surface area contributed by atoms with E-state index in [1.165, 1.54) is 19.2 Å². The summed E-state index contributed by atoms with van der Waals surface area (Å²) in [7, 11) is -2.31. The Morgan fingerprint density at radius 1 is 1.18 bits per heavy atom. The topological polar surface area (TPSA) is 72.9 Å². The van der Waals surface area contributed by atoms with E-state index in [4.69, 9.17) is 9.47 Å². The SMILES string of the molecule is CCOC(=O)CN(C(C)(C)C)S(=O)(=O)c1ccc(OC)cc1. The first-order valence-corrected chi connectivity index (χ1v) is 8.39. The Kier molecular flexibility index (Phi) is 5.96. The van der Waals surface area contributed by atoms with Crippen LogP contribution in [0.2, 0.25) is 0 Å². The van der Waals surface area contributed by atoms with Crippen LogP contribution in [0, 0.1) is 0 Å². The lowest BCUT2D eigenvalue weighted by molar-refractivity contribution is -0.144. The van der Waals surface area contributed by atoms with Gasteiger partial charge in [0.15, 0.2) is 0 Å². The van der Waals surface area contributed by atoms with Gasteiger partial charge in [0.25, 0.3) is 0 Å². The van der Waals surface area contributed by atoms with Gasteiger partial charge in [0.05, 0.1) is 18.6 Å². The normalized spacial score (nSPS) is 12.3. The maximum Gasteiger partial charge on any atom is 0.321 e. The minimum atomic E-state index is -3.82. The van der Waals surface area contributed by atoms with Crippen LogP contribution in [0.5, 0.6) is 5.75 Å². The molecule has 0 saturated heterocycles. The van der Waals surface area contributed by atoms with Crippen LogP contribution in [-0.4, -0.2) is 44.5 Å². The molecule has 0 spiro atoms. The maximum absolute atomic E-state index is 12.8. The molecule has 0 aliphatic heterocycles. The van der Waals surface area contributed by atoms with Gasteiger partial charge in [0, 0.05) is 5.54 Å². The molecule has 0 N–H and O–H groups in total. The third-order valence-electron chi connectivity index (χ3n) is 2.97. The van der Waals surface area contributed by atoms with E-state index >= 15 is 0 Å². The smallest absolute Gasteiger partial charge is 0.321 e. The minimum Gasteiger partial charge on any atom is -0.497 e. The van der Waals surface area contributed by atoms with Crippen LogP contribution in [-0.2, 0) is 19.6 Å². The van der Waals surface area contributed by atoms with E-state index in [2.05, 4.69) is 0 Å². The average Bonchev–Trinajstić information content (AvgIpc) is 2.44. The number of methoxy groups -OCH3 is 1. The first-order valence-electron chi connectivity index (χ1n) is 6.95. The third kappa shape index (κ3) is 4.45. The molecule has 0 amide bonds. The Hall–Kier alpha value is -1.60. The van der Waals surface area contributed by atoms with Crippen molar-refractivity contribution in [3.8, 4) is 5.75 Å². The van der Waals surface area contributed by atoms with Crippen LogP contribution < -0.4 is 4.74 Å². The van der Waals surface area contributed by atoms with Crippen LogP contribution in [0.25, 0.3) is 0 Å². The van der Waals surface area contributed by atoms with E-state index in [-0.39, 0.29) is 18.0 Å². The van der Waals surface area contributed by atoms with Crippen molar-refractivity contribution >= 4 is 16.0 Å². The summed E-state index contributed by atoms with van der Waals surface area (Å²) < 4.78 is 36.6. The molecule has 22 heavy (non-hydrogen) atoms. The molecule has 0 radical (unpaired) electrons. The lowest BCUT2D eigenvalue weighted by Crippen LogP contribution is -2.48. The van der Waals surface area contributed by atoms with Gasteiger partial charge >= 0.3 is 5.97 Å². The standard InChI is InChI=1S/C15H23NO5S/c1-6-21-14(17)11-16(15(2,3)4)22(18,19)13-9-7-12(20-5)8-10-13/h7-10H,6,11H2,1-5H3. The molecule has 0 saturated carbocycles. The van der Waals surface area contributed by atoms with Crippen LogP contribution in [0.4, 0.5) is 0 Å². The fourth-order valence-corrected chi connectivity index (χ4v) is 3.61. The molecule has 124 valence electrons. The highest BCUT2D eigenvalue weighted by Crippen LogP contribution is 2.25. The van der Waals surface area contributed by atoms with Crippen molar-refractivity contribution in [2.24, 2.45) is 0 Å². The molecular formula is C15H23NO5S. The number of esters is 1. The summed E-state index contributed by atoms with van der Waals surface area (Å²) in [6.45, 7) is 6.75. The third-order valence-corrected chi connectivity index (χ3v) is 5.10. The number of carbonyl (C=O) groups is 1. The van der Waals surface area contributed by atoms with Gasteiger partial charge in [0.1, 0.15) is 12.3 Å². The highest BCUT2D eigenvalue weighted by atomic mass is 32.2. The second-order valence-corrected chi connectivity index (χ2v) is 7.53. The fraction of sp³-hybridized carbons (Fsp3) is 0.533. The van der Waals surface area contributed by atoms with Crippen molar-refractivity contribution in [3.63, 3.8) is 0 Å². The predicted molar refractivity (Wildman–Crippen MR) is 83.3 cm³/mol. The van der Waals surface area contributed by atoms with Crippen LogP contribution in [0.3, 0.4) is 0 Å². The van der Waals surface area contributed by atoms with Gasteiger partial charge in [-0.2, -0.15) is 4.31 Å². The molecule has 1 aromatic rings.